The van der Waals surface area contributed by atoms with E-state index < -0.39 is 0 Å². The van der Waals surface area contributed by atoms with E-state index in [0.717, 1.165) is 32.6 Å². The first-order chi connectivity index (χ1) is 13.0. The smallest absolute Gasteiger partial charge is 0.140 e. The van der Waals surface area contributed by atoms with Crippen LogP contribution < -0.4 is 5.32 Å². The molecule has 4 heterocycles. The summed E-state index contributed by atoms with van der Waals surface area (Å²) in [5.74, 6) is 7.32. The van der Waals surface area contributed by atoms with Crippen LogP contribution in [0.15, 0.2) is 60.9 Å². The molecule has 0 aliphatic carbocycles. The molecule has 0 amide bonds. The molecule has 0 fully saturated rings. The summed E-state index contributed by atoms with van der Waals surface area (Å²) in [6.45, 7) is 6.45. The first-order valence-corrected chi connectivity index (χ1v) is 9.60. The molecule has 0 atom stereocenters. The lowest BCUT2D eigenvalue weighted by molar-refractivity contribution is 0.630. The third kappa shape index (κ3) is 5.30. The van der Waals surface area contributed by atoms with Gasteiger partial charge in [-0.25, -0.2) is 9.97 Å². The normalized spacial score (nSPS) is 10.4. The van der Waals surface area contributed by atoms with Crippen LogP contribution in [0.2, 0.25) is 0 Å². The van der Waals surface area contributed by atoms with Crippen molar-refractivity contribution in [3.63, 3.8) is 0 Å². The molecule has 4 nitrogen and oxygen atoms in total. The maximum Gasteiger partial charge on any atom is 0.140 e. The Labute approximate surface area is 187 Å². The van der Waals surface area contributed by atoms with Crippen molar-refractivity contribution in [1.82, 2.24) is 14.4 Å². The van der Waals surface area contributed by atoms with Gasteiger partial charge in [0.2, 0.25) is 0 Å². The van der Waals surface area contributed by atoms with E-state index in [1.807, 2.05) is 48.7 Å². The zero-order valence-electron chi connectivity index (χ0n) is 16.3. The van der Waals surface area contributed by atoms with Gasteiger partial charge in [0.25, 0.3) is 0 Å². The second-order valence-corrected chi connectivity index (χ2v) is 8.33. The number of pyridine rings is 2. The van der Waals surface area contributed by atoms with Crippen molar-refractivity contribution in [2.75, 3.05) is 5.32 Å². The number of nitrogens with zero attached hydrogens (tertiary/aromatic N) is 3. The van der Waals surface area contributed by atoms with Gasteiger partial charge in [-0.15, -0.1) is 36.2 Å². The van der Waals surface area contributed by atoms with Gasteiger partial charge in [0, 0.05) is 17.9 Å². The van der Waals surface area contributed by atoms with Gasteiger partial charge in [-0.05, 0) is 69.0 Å². The zero-order chi connectivity index (χ0) is 18.9. The third-order valence-electron chi connectivity index (χ3n) is 3.84. The molecule has 7 heteroatoms. The van der Waals surface area contributed by atoms with Crippen molar-refractivity contribution >= 4 is 47.6 Å². The molecule has 0 aromatic carbocycles. The Kier molecular flexibility index (Phi) is 7.32. The first-order valence-electron chi connectivity index (χ1n) is 8.78. The summed E-state index contributed by atoms with van der Waals surface area (Å²) in [4.78, 5) is 11.2. The second kappa shape index (κ2) is 9.32. The molecule has 29 heavy (non-hydrogen) atoms. The molecule has 4 aromatic rings. The predicted octanol–water partition coefficient (Wildman–Crippen LogP) is 5.91. The molecular formula is C22H22Cl2N4S. The lowest BCUT2D eigenvalue weighted by atomic mass is 10.1. The Morgan fingerprint density at radius 2 is 1.76 bits per heavy atom. The van der Waals surface area contributed by atoms with Crippen LogP contribution in [-0.4, -0.2) is 19.9 Å². The highest BCUT2D eigenvalue weighted by atomic mass is 35.5. The molecule has 0 radical (unpaired) electrons. The maximum absolute atomic E-state index is 4.85. The standard InChI is InChI=1S/C22H20N4S.2ClH/c1-22(2,3)25-21-20(24-19-9-5-7-15-26(19)21)18-13-12-17(27-18)11-10-16-8-4-6-14-23-16;;/h4-9,12-15,25H,1-3H3;2*1H. The van der Waals surface area contributed by atoms with E-state index in [2.05, 4.69) is 53.4 Å². The molecule has 4 aromatic heterocycles. The van der Waals surface area contributed by atoms with E-state index in [-0.39, 0.29) is 30.4 Å². The molecule has 1 N–H and O–H groups in total. The summed E-state index contributed by atoms with van der Waals surface area (Å²) in [6, 6.07) is 15.9. The van der Waals surface area contributed by atoms with E-state index in [1.165, 1.54) is 0 Å². The monoisotopic (exact) mass is 444 g/mol. The lowest BCUT2D eigenvalue weighted by Crippen LogP contribution is -2.27. The van der Waals surface area contributed by atoms with E-state index in [4.69, 9.17) is 4.98 Å². The molecule has 0 unspecified atom stereocenters. The highest BCUT2D eigenvalue weighted by Gasteiger charge is 2.20. The van der Waals surface area contributed by atoms with Crippen LogP contribution in [0, 0.1) is 11.8 Å². The Hall–Kier alpha value is -2.52. The van der Waals surface area contributed by atoms with E-state index in [1.54, 1.807) is 17.5 Å². The quantitative estimate of drug-likeness (QED) is 0.390. The van der Waals surface area contributed by atoms with Crippen molar-refractivity contribution in [1.29, 1.82) is 0 Å². The highest BCUT2D eigenvalue weighted by Crippen LogP contribution is 2.34. The number of anilines is 1. The van der Waals surface area contributed by atoms with Gasteiger partial charge >= 0.3 is 0 Å². The Morgan fingerprint density at radius 3 is 2.48 bits per heavy atom. The summed E-state index contributed by atoms with van der Waals surface area (Å²) in [6.07, 6.45) is 3.79. The van der Waals surface area contributed by atoms with Crippen LogP contribution in [-0.2, 0) is 0 Å². The Morgan fingerprint density at radius 1 is 0.966 bits per heavy atom. The molecule has 0 spiro atoms. The summed E-state index contributed by atoms with van der Waals surface area (Å²) in [7, 11) is 0. The molecule has 0 saturated heterocycles. The number of hydrogen-bond acceptors (Lipinski definition) is 4. The topological polar surface area (TPSA) is 42.2 Å². The summed E-state index contributed by atoms with van der Waals surface area (Å²) >= 11 is 1.64. The van der Waals surface area contributed by atoms with Gasteiger partial charge in [0.15, 0.2) is 0 Å². The van der Waals surface area contributed by atoms with Crippen molar-refractivity contribution in [2.24, 2.45) is 0 Å². The van der Waals surface area contributed by atoms with E-state index >= 15 is 0 Å². The van der Waals surface area contributed by atoms with Gasteiger partial charge in [-0.3, -0.25) is 4.40 Å². The second-order valence-electron chi connectivity index (χ2n) is 7.24. The van der Waals surface area contributed by atoms with E-state index in [0.29, 0.717) is 0 Å². The molecule has 0 aliphatic heterocycles. The summed E-state index contributed by atoms with van der Waals surface area (Å²) < 4.78 is 2.10. The minimum absolute atomic E-state index is 0. The van der Waals surface area contributed by atoms with E-state index in [9.17, 15) is 0 Å². The SMILES string of the molecule is CC(C)(C)Nc1c(-c2ccc(C#Cc3ccccn3)s2)nc2ccccn12.Cl.Cl. The van der Waals surface area contributed by atoms with Gasteiger partial charge in [0.1, 0.15) is 22.9 Å². The van der Waals surface area contributed by atoms with Crippen molar-refractivity contribution < 1.29 is 0 Å². The van der Waals surface area contributed by atoms with Crippen molar-refractivity contribution in [3.05, 3.63) is 71.5 Å². The molecule has 150 valence electrons. The van der Waals surface area contributed by atoms with Gasteiger partial charge in [0.05, 0.1) is 9.75 Å². The third-order valence-corrected chi connectivity index (χ3v) is 4.85. The number of halogens is 2. The number of thiophene rings is 1. The zero-order valence-corrected chi connectivity index (χ0v) is 18.8. The van der Waals surface area contributed by atoms with Crippen LogP contribution in [0.4, 0.5) is 5.82 Å². The van der Waals surface area contributed by atoms with Crippen LogP contribution in [0.3, 0.4) is 0 Å². The van der Waals surface area contributed by atoms with Crippen molar-refractivity contribution in [2.45, 2.75) is 26.3 Å². The molecule has 0 bridgehead atoms. The lowest BCUT2D eigenvalue weighted by Gasteiger charge is -2.22. The summed E-state index contributed by atoms with van der Waals surface area (Å²) in [5.41, 5.74) is 2.58. The fraction of sp³-hybridized carbons (Fsp3) is 0.182. The average Bonchev–Trinajstić information content (AvgIpc) is 3.25. The first kappa shape index (κ1) is 22.8. The fourth-order valence-corrected chi connectivity index (χ4v) is 3.59. The van der Waals surface area contributed by atoms with Crippen LogP contribution in [0.25, 0.3) is 16.2 Å². The minimum atomic E-state index is -0.0700. The minimum Gasteiger partial charge on any atom is -0.365 e. The number of nitrogens with one attached hydrogen (secondary N) is 1. The Bertz CT molecular complexity index is 1150. The molecule has 4 rings (SSSR count). The molecular weight excluding hydrogens is 423 g/mol. The predicted molar refractivity (Wildman–Crippen MR) is 127 cm³/mol. The van der Waals surface area contributed by atoms with Crippen LogP contribution >= 0.6 is 36.2 Å². The Balaban J connectivity index is 0.00000150. The van der Waals surface area contributed by atoms with Crippen LogP contribution in [0.5, 0.6) is 0 Å². The van der Waals surface area contributed by atoms with Gasteiger partial charge < -0.3 is 5.32 Å². The van der Waals surface area contributed by atoms with Gasteiger partial charge in [-0.2, -0.15) is 0 Å². The molecule has 0 aliphatic rings. The van der Waals surface area contributed by atoms with Gasteiger partial charge in [-0.1, -0.05) is 12.1 Å². The fourth-order valence-electron chi connectivity index (χ4n) is 2.74. The average molecular weight is 445 g/mol. The van der Waals surface area contributed by atoms with Crippen molar-refractivity contribution in [3.8, 4) is 22.4 Å². The van der Waals surface area contributed by atoms with Crippen LogP contribution in [0.1, 0.15) is 31.3 Å². The number of aromatic nitrogens is 3. The number of fused-ring (bicyclic) bond motifs is 1. The molecule has 0 saturated carbocycles. The maximum atomic E-state index is 4.85. The highest BCUT2D eigenvalue weighted by molar-refractivity contribution is 7.16. The number of hydrogen-bond donors (Lipinski definition) is 1. The number of rotatable bonds is 2. The largest absolute Gasteiger partial charge is 0.365 e. The summed E-state index contributed by atoms with van der Waals surface area (Å²) in [5, 5.41) is 3.60. The number of imidazole rings is 1.